The summed E-state index contributed by atoms with van der Waals surface area (Å²) in [6, 6.07) is 6.35. The third kappa shape index (κ3) is 4.71. The number of hydrogen-bond acceptors (Lipinski definition) is 2. The van der Waals surface area contributed by atoms with Crippen molar-refractivity contribution in [2.45, 2.75) is 13.0 Å². The van der Waals surface area contributed by atoms with Crippen molar-refractivity contribution >= 4 is 23.2 Å². The predicted molar refractivity (Wildman–Crippen MR) is 82.8 cm³/mol. The van der Waals surface area contributed by atoms with Crippen molar-refractivity contribution in [1.82, 2.24) is 5.32 Å². The Hall–Kier alpha value is -2.05. The van der Waals surface area contributed by atoms with Gasteiger partial charge in [0.2, 0.25) is 5.91 Å². The Bertz CT molecular complexity index is 724. The minimum absolute atomic E-state index is 0.0796. The number of anilines is 1. The highest BCUT2D eigenvalue weighted by atomic mass is 35.5. The van der Waals surface area contributed by atoms with Gasteiger partial charge in [-0.2, -0.15) is 0 Å². The van der Waals surface area contributed by atoms with Gasteiger partial charge in [-0.05, 0) is 31.2 Å². The van der Waals surface area contributed by atoms with Crippen LogP contribution in [0.15, 0.2) is 36.4 Å². The largest absolute Gasteiger partial charge is 0.324 e. The van der Waals surface area contributed by atoms with Gasteiger partial charge in [-0.3, -0.25) is 4.79 Å². The van der Waals surface area contributed by atoms with Crippen LogP contribution >= 0.6 is 11.6 Å². The van der Waals surface area contributed by atoms with Gasteiger partial charge in [-0.1, -0.05) is 17.7 Å². The van der Waals surface area contributed by atoms with E-state index in [-0.39, 0.29) is 22.8 Å². The minimum atomic E-state index is -0.688. The highest BCUT2D eigenvalue weighted by Crippen LogP contribution is 2.22. The van der Waals surface area contributed by atoms with E-state index in [1.54, 1.807) is 6.92 Å². The van der Waals surface area contributed by atoms with E-state index in [1.807, 2.05) is 0 Å². The second-order valence-electron chi connectivity index (χ2n) is 4.94. The number of rotatable bonds is 5. The standard InChI is InChI=1S/C16H14ClF3N2O/c1-9(12-4-2-11(19)7-14(12)20)21-8-16(23)22-15-5-3-10(18)6-13(15)17/h2-7,9,21H,8H2,1H3,(H,22,23)/t9-/m1/s1. The average Bonchev–Trinajstić information content (AvgIpc) is 2.48. The van der Waals surface area contributed by atoms with Crippen molar-refractivity contribution in [2.24, 2.45) is 0 Å². The van der Waals surface area contributed by atoms with Gasteiger partial charge in [0.25, 0.3) is 0 Å². The van der Waals surface area contributed by atoms with Gasteiger partial charge in [0.15, 0.2) is 0 Å². The molecule has 1 atom stereocenters. The van der Waals surface area contributed by atoms with Crippen LogP contribution in [0.3, 0.4) is 0 Å². The van der Waals surface area contributed by atoms with Gasteiger partial charge in [0.1, 0.15) is 17.5 Å². The molecule has 2 aromatic carbocycles. The highest BCUT2D eigenvalue weighted by molar-refractivity contribution is 6.33. The van der Waals surface area contributed by atoms with Crippen molar-refractivity contribution in [3.05, 3.63) is 64.4 Å². The number of carbonyl (C=O) groups excluding carboxylic acids is 1. The van der Waals surface area contributed by atoms with E-state index in [0.717, 1.165) is 18.2 Å². The molecule has 0 aliphatic carbocycles. The van der Waals surface area contributed by atoms with Gasteiger partial charge in [0, 0.05) is 17.7 Å². The summed E-state index contributed by atoms with van der Waals surface area (Å²) in [5, 5.41) is 5.41. The quantitative estimate of drug-likeness (QED) is 0.860. The number of amides is 1. The molecule has 0 saturated carbocycles. The van der Waals surface area contributed by atoms with Crippen LogP contribution in [-0.2, 0) is 4.79 Å². The molecule has 1 amide bonds. The van der Waals surface area contributed by atoms with Gasteiger partial charge >= 0.3 is 0 Å². The smallest absolute Gasteiger partial charge is 0.238 e. The molecule has 0 bridgehead atoms. The molecule has 0 aliphatic rings. The number of hydrogen-bond donors (Lipinski definition) is 2. The molecule has 0 aromatic heterocycles. The lowest BCUT2D eigenvalue weighted by molar-refractivity contribution is -0.115. The number of halogens is 4. The first kappa shape index (κ1) is 17.3. The molecule has 0 fully saturated rings. The van der Waals surface area contributed by atoms with Crippen molar-refractivity contribution < 1.29 is 18.0 Å². The number of nitrogens with one attached hydrogen (secondary N) is 2. The molecule has 0 heterocycles. The molecule has 0 unspecified atom stereocenters. The van der Waals surface area contributed by atoms with Gasteiger partial charge in [0.05, 0.1) is 17.3 Å². The van der Waals surface area contributed by atoms with Crippen LogP contribution in [0, 0.1) is 17.5 Å². The normalized spacial score (nSPS) is 12.0. The number of benzene rings is 2. The summed E-state index contributed by atoms with van der Waals surface area (Å²) in [6.07, 6.45) is 0. The van der Waals surface area contributed by atoms with E-state index in [4.69, 9.17) is 11.6 Å². The monoisotopic (exact) mass is 342 g/mol. The van der Waals surface area contributed by atoms with Crippen LogP contribution < -0.4 is 10.6 Å². The maximum Gasteiger partial charge on any atom is 0.238 e. The van der Waals surface area contributed by atoms with E-state index in [1.165, 1.54) is 18.2 Å². The van der Waals surface area contributed by atoms with Crippen LogP contribution in [-0.4, -0.2) is 12.5 Å². The first-order valence-corrected chi connectivity index (χ1v) is 7.18. The minimum Gasteiger partial charge on any atom is -0.324 e. The van der Waals surface area contributed by atoms with Crippen molar-refractivity contribution in [3.8, 4) is 0 Å². The zero-order chi connectivity index (χ0) is 17.0. The summed E-state index contributed by atoms with van der Waals surface area (Å²) in [6.45, 7) is 1.53. The lowest BCUT2D eigenvalue weighted by atomic mass is 10.1. The lowest BCUT2D eigenvalue weighted by Crippen LogP contribution is -2.30. The third-order valence-corrected chi connectivity index (χ3v) is 3.52. The summed E-state index contributed by atoms with van der Waals surface area (Å²) in [4.78, 5) is 11.8. The first-order chi connectivity index (χ1) is 10.9. The molecule has 2 aromatic rings. The summed E-state index contributed by atoms with van der Waals surface area (Å²) >= 11 is 5.81. The Labute approximate surface area is 136 Å². The molecule has 2 N–H and O–H groups in total. The second kappa shape index (κ2) is 7.48. The van der Waals surface area contributed by atoms with Crippen LogP contribution in [0.4, 0.5) is 18.9 Å². The maximum absolute atomic E-state index is 13.6. The Kier molecular flexibility index (Phi) is 5.63. The Morgan fingerprint density at radius 2 is 1.78 bits per heavy atom. The van der Waals surface area contributed by atoms with Gasteiger partial charge in [-0.25, -0.2) is 13.2 Å². The molecule has 3 nitrogen and oxygen atoms in total. The average molecular weight is 343 g/mol. The molecular formula is C16H14ClF3N2O. The predicted octanol–water partition coefficient (Wildman–Crippen LogP) is 4.05. The Morgan fingerprint density at radius 1 is 1.13 bits per heavy atom. The molecule has 2 rings (SSSR count). The Morgan fingerprint density at radius 3 is 2.43 bits per heavy atom. The van der Waals surface area contributed by atoms with Crippen molar-refractivity contribution in [2.75, 3.05) is 11.9 Å². The fraction of sp³-hybridized carbons (Fsp3) is 0.188. The molecule has 0 radical (unpaired) electrons. The van der Waals surface area contributed by atoms with E-state index in [0.29, 0.717) is 0 Å². The highest BCUT2D eigenvalue weighted by Gasteiger charge is 2.13. The summed E-state index contributed by atoms with van der Waals surface area (Å²) in [7, 11) is 0. The van der Waals surface area contributed by atoms with Gasteiger partial charge in [-0.15, -0.1) is 0 Å². The second-order valence-corrected chi connectivity index (χ2v) is 5.35. The van der Waals surface area contributed by atoms with Crippen LogP contribution in [0.2, 0.25) is 5.02 Å². The van der Waals surface area contributed by atoms with Crippen LogP contribution in [0.25, 0.3) is 0 Å². The van der Waals surface area contributed by atoms with Crippen molar-refractivity contribution in [3.63, 3.8) is 0 Å². The maximum atomic E-state index is 13.6. The lowest BCUT2D eigenvalue weighted by Gasteiger charge is -2.15. The summed E-state index contributed by atoms with van der Waals surface area (Å²) < 4.78 is 39.4. The van der Waals surface area contributed by atoms with Crippen LogP contribution in [0.1, 0.15) is 18.5 Å². The molecule has 0 aliphatic heterocycles. The molecule has 122 valence electrons. The molecular weight excluding hydrogens is 329 g/mol. The SMILES string of the molecule is C[C@@H](NCC(=O)Nc1ccc(F)cc1Cl)c1ccc(F)cc1F. The Balaban J connectivity index is 1.93. The third-order valence-electron chi connectivity index (χ3n) is 3.20. The topological polar surface area (TPSA) is 41.1 Å². The first-order valence-electron chi connectivity index (χ1n) is 6.80. The van der Waals surface area contributed by atoms with E-state index >= 15 is 0 Å². The molecule has 23 heavy (non-hydrogen) atoms. The zero-order valence-electron chi connectivity index (χ0n) is 12.2. The summed E-state index contributed by atoms with van der Waals surface area (Å²) in [5.74, 6) is -2.28. The van der Waals surface area contributed by atoms with Crippen molar-refractivity contribution in [1.29, 1.82) is 0 Å². The summed E-state index contributed by atoms with van der Waals surface area (Å²) in [5.41, 5.74) is 0.527. The van der Waals surface area contributed by atoms with E-state index in [9.17, 15) is 18.0 Å². The molecule has 0 saturated heterocycles. The molecule has 0 spiro atoms. The zero-order valence-corrected chi connectivity index (χ0v) is 12.9. The number of carbonyl (C=O) groups is 1. The molecule has 7 heteroatoms. The van der Waals surface area contributed by atoms with E-state index < -0.39 is 29.4 Å². The van der Waals surface area contributed by atoms with E-state index in [2.05, 4.69) is 10.6 Å². The fourth-order valence-corrected chi connectivity index (χ4v) is 2.21. The van der Waals surface area contributed by atoms with Crippen LogP contribution in [0.5, 0.6) is 0 Å². The fourth-order valence-electron chi connectivity index (χ4n) is 1.99. The van der Waals surface area contributed by atoms with Gasteiger partial charge < -0.3 is 10.6 Å².